The van der Waals surface area contributed by atoms with Crippen LogP contribution >= 0.6 is 0 Å². The summed E-state index contributed by atoms with van der Waals surface area (Å²) in [5.41, 5.74) is 0.586. The van der Waals surface area contributed by atoms with Crippen molar-refractivity contribution < 1.29 is 14.3 Å². The summed E-state index contributed by atoms with van der Waals surface area (Å²) in [5, 5.41) is 0. The molecule has 68 valence electrons. The molecule has 0 amide bonds. The van der Waals surface area contributed by atoms with Gasteiger partial charge < -0.3 is 9.47 Å². The number of hydrogen-bond donors (Lipinski definition) is 0. The normalized spacial score (nSPS) is 19.5. The highest BCUT2D eigenvalue weighted by atomic mass is 16.6. The summed E-state index contributed by atoms with van der Waals surface area (Å²) in [6.07, 6.45) is 1.02. The van der Waals surface area contributed by atoms with Crippen molar-refractivity contribution >= 4 is 6.29 Å². The molecule has 0 aromatic heterocycles. The van der Waals surface area contributed by atoms with Gasteiger partial charge in [-0.2, -0.15) is 0 Å². The van der Waals surface area contributed by atoms with Crippen LogP contribution in [0, 0.1) is 0 Å². The maximum absolute atomic E-state index is 10.6. The first kappa shape index (κ1) is 8.26. The summed E-state index contributed by atoms with van der Waals surface area (Å²) >= 11 is 0. The molecule has 0 spiro atoms. The highest BCUT2D eigenvalue weighted by molar-refractivity contribution is 5.79. The highest BCUT2D eigenvalue weighted by Crippen LogP contribution is 2.18. The molecule has 1 aromatic carbocycles. The first-order chi connectivity index (χ1) is 6.40. The third-order valence-electron chi connectivity index (χ3n) is 1.87. The predicted octanol–water partition coefficient (Wildman–Crippen LogP) is 1.28. The second-order valence-corrected chi connectivity index (χ2v) is 2.92. The fourth-order valence-electron chi connectivity index (χ4n) is 1.06. The van der Waals surface area contributed by atoms with E-state index >= 15 is 0 Å². The van der Waals surface area contributed by atoms with Crippen molar-refractivity contribution in [2.75, 3.05) is 13.2 Å². The van der Waals surface area contributed by atoms with Gasteiger partial charge in [-0.25, -0.2) is 0 Å². The molecule has 1 heterocycles. The Labute approximate surface area is 76.3 Å². The molecule has 1 aromatic rings. The number of epoxide rings is 1. The van der Waals surface area contributed by atoms with Crippen molar-refractivity contribution in [2.24, 2.45) is 0 Å². The summed E-state index contributed by atoms with van der Waals surface area (Å²) in [7, 11) is 0. The minimum absolute atomic E-state index is 0.222. The van der Waals surface area contributed by atoms with Crippen LogP contribution in [0.2, 0.25) is 0 Å². The minimum atomic E-state index is 0.222. The zero-order valence-corrected chi connectivity index (χ0v) is 7.10. The average molecular weight is 178 g/mol. The predicted molar refractivity (Wildman–Crippen MR) is 47.1 cm³/mol. The Kier molecular flexibility index (Phi) is 2.27. The first-order valence-corrected chi connectivity index (χ1v) is 4.19. The highest BCUT2D eigenvalue weighted by Gasteiger charge is 2.23. The number of ether oxygens (including phenoxy) is 2. The van der Waals surface area contributed by atoms with Crippen molar-refractivity contribution in [3.05, 3.63) is 29.8 Å². The molecule has 3 nitrogen and oxygen atoms in total. The lowest BCUT2D eigenvalue weighted by Gasteiger charge is -2.05. The van der Waals surface area contributed by atoms with E-state index in [1.807, 2.05) is 12.1 Å². The monoisotopic (exact) mass is 178 g/mol. The Bertz CT molecular complexity index is 305. The van der Waals surface area contributed by atoms with Gasteiger partial charge in [0.2, 0.25) is 0 Å². The fraction of sp³-hybridized carbons (Fsp3) is 0.300. The van der Waals surface area contributed by atoms with E-state index in [1.165, 1.54) is 0 Å². The molecule has 0 radical (unpaired) electrons. The molecule has 1 aliphatic heterocycles. The van der Waals surface area contributed by atoms with Crippen LogP contribution in [0.25, 0.3) is 0 Å². The third kappa shape index (κ3) is 2.06. The van der Waals surface area contributed by atoms with Gasteiger partial charge in [0.1, 0.15) is 18.5 Å². The summed E-state index contributed by atoms with van der Waals surface area (Å²) in [5.74, 6) is 0.632. The van der Waals surface area contributed by atoms with Crippen LogP contribution in [0.3, 0.4) is 0 Å². The van der Waals surface area contributed by atoms with Gasteiger partial charge in [-0.3, -0.25) is 4.79 Å². The Morgan fingerprint density at radius 3 is 3.00 bits per heavy atom. The van der Waals surface area contributed by atoms with E-state index in [1.54, 1.807) is 12.1 Å². The molecule has 1 saturated heterocycles. The largest absolute Gasteiger partial charge is 0.490 e. The van der Waals surface area contributed by atoms with Gasteiger partial charge in [0.15, 0.2) is 6.29 Å². The van der Waals surface area contributed by atoms with E-state index in [-0.39, 0.29) is 6.10 Å². The summed E-state index contributed by atoms with van der Waals surface area (Å²) in [6, 6.07) is 7.17. The molecule has 0 aliphatic carbocycles. The van der Waals surface area contributed by atoms with Crippen LogP contribution in [0.4, 0.5) is 0 Å². The molecule has 1 atom stereocenters. The van der Waals surface area contributed by atoms with Crippen LogP contribution in [0.5, 0.6) is 5.75 Å². The van der Waals surface area contributed by atoms with E-state index in [0.29, 0.717) is 17.9 Å². The second kappa shape index (κ2) is 3.58. The lowest BCUT2D eigenvalue weighted by atomic mass is 10.2. The number of hydrogen-bond acceptors (Lipinski definition) is 3. The number of benzene rings is 1. The molecule has 13 heavy (non-hydrogen) atoms. The molecular formula is C10H10O3. The van der Waals surface area contributed by atoms with Gasteiger partial charge >= 0.3 is 0 Å². The number of carbonyl (C=O) groups excluding carboxylic acids is 1. The topological polar surface area (TPSA) is 38.8 Å². The van der Waals surface area contributed by atoms with E-state index in [9.17, 15) is 4.79 Å². The first-order valence-electron chi connectivity index (χ1n) is 4.19. The van der Waals surface area contributed by atoms with E-state index < -0.39 is 0 Å². The van der Waals surface area contributed by atoms with Gasteiger partial charge in [0.25, 0.3) is 0 Å². The molecule has 1 fully saturated rings. The quantitative estimate of drug-likeness (QED) is 0.515. The van der Waals surface area contributed by atoms with E-state index in [0.717, 1.165) is 12.9 Å². The maximum atomic E-state index is 10.6. The Balaban J connectivity index is 2.03. The van der Waals surface area contributed by atoms with Gasteiger partial charge in [0.05, 0.1) is 12.2 Å². The molecule has 0 N–H and O–H groups in total. The molecule has 0 unspecified atom stereocenters. The van der Waals surface area contributed by atoms with Crippen molar-refractivity contribution in [1.82, 2.24) is 0 Å². The summed E-state index contributed by atoms with van der Waals surface area (Å²) in [4.78, 5) is 10.6. The second-order valence-electron chi connectivity index (χ2n) is 2.92. The number of carbonyl (C=O) groups is 1. The Morgan fingerprint density at radius 2 is 2.31 bits per heavy atom. The fourth-order valence-corrected chi connectivity index (χ4v) is 1.06. The molecule has 0 bridgehead atoms. The zero-order valence-electron chi connectivity index (χ0n) is 7.10. The summed E-state index contributed by atoms with van der Waals surface area (Å²) < 4.78 is 10.4. The number of rotatable bonds is 4. The van der Waals surface area contributed by atoms with Crippen molar-refractivity contribution in [3.63, 3.8) is 0 Å². The summed E-state index contributed by atoms with van der Waals surface area (Å²) in [6.45, 7) is 1.30. The Morgan fingerprint density at radius 1 is 1.54 bits per heavy atom. The maximum Gasteiger partial charge on any atom is 0.153 e. The van der Waals surface area contributed by atoms with Crippen molar-refractivity contribution in [3.8, 4) is 5.75 Å². The van der Waals surface area contributed by atoms with Gasteiger partial charge in [-0.15, -0.1) is 0 Å². The standard InChI is InChI=1S/C10H10O3/c11-5-8-3-1-2-4-10(8)13-7-9-6-12-9/h1-5,9H,6-7H2/t9-/m1/s1. The average Bonchev–Trinajstić information content (AvgIpc) is 2.99. The van der Waals surface area contributed by atoms with Crippen LogP contribution in [0.15, 0.2) is 24.3 Å². The molecule has 2 rings (SSSR count). The van der Waals surface area contributed by atoms with Crippen LogP contribution in [0.1, 0.15) is 10.4 Å². The van der Waals surface area contributed by atoms with Crippen molar-refractivity contribution in [1.29, 1.82) is 0 Å². The van der Waals surface area contributed by atoms with Crippen LogP contribution in [-0.4, -0.2) is 25.6 Å². The smallest absolute Gasteiger partial charge is 0.153 e. The lowest BCUT2D eigenvalue weighted by Crippen LogP contribution is -2.05. The van der Waals surface area contributed by atoms with Gasteiger partial charge in [-0.05, 0) is 12.1 Å². The lowest BCUT2D eigenvalue weighted by molar-refractivity contribution is 0.111. The van der Waals surface area contributed by atoms with Crippen LogP contribution in [-0.2, 0) is 4.74 Å². The van der Waals surface area contributed by atoms with Gasteiger partial charge in [-0.1, -0.05) is 12.1 Å². The van der Waals surface area contributed by atoms with E-state index in [2.05, 4.69) is 0 Å². The van der Waals surface area contributed by atoms with E-state index in [4.69, 9.17) is 9.47 Å². The molecular weight excluding hydrogens is 168 g/mol. The third-order valence-corrected chi connectivity index (χ3v) is 1.87. The Hall–Kier alpha value is -1.35. The van der Waals surface area contributed by atoms with Gasteiger partial charge in [0, 0.05) is 0 Å². The zero-order chi connectivity index (χ0) is 9.10. The molecule has 0 saturated carbocycles. The minimum Gasteiger partial charge on any atom is -0.490 e. The molecule has 1 aliphatic rings. The van der Waals surface area contributed by atoms with Crippen LogP contribution < -0.4 is 4.74 Å². The molecule has 3 heteroatoms. The number of para-hydroxylation sites is 1. The SMILES string of the molecule is O=Cc1ccccc1OC[C@H]1CO1. The number of aldehydes is 1. The van der Waals surface area contributed by atoms with Crippen molar-refractivity contribution in [2.45, 2.75) is 6.10 Å².